The van der Waals surface area contributed by atoms with Gasteiger partial charge in [-0.1, -0.05) is 0 Å². The highest BCUT2D eigenvalue weighted by atomic mass is 16.6. The maximum absolute atomic E-state index is 12.2. The van der Waals surface area contributed by atoms with Crippen LogP contribution in [0.25, 0.3) is 11.2 Å². The van der Waals surface area contributed by atoms with Crippen molar-refractivity contribution in [2.45, 2.75) is 44.3 Å². The topological polar surface area (TPSA) is 152 Å². The predicted octanol–water partition coefficient (Wildman–Crippen LogP) is -0.406. The van der Waals surface area contributed by atoms with E-state index in [4.69, 9.17) is 19.9 Å². The van der Waals surface area contributed by atoms with Gasteiger partial charge in [-0.05, 0) is 6.92 Å². The van der Waals surface area contributed by atoms with Crippen LogP contribution in [0.1, 0.15) is 26.0 Å². The summed E-state index contributed by atoms with van der Waals surface area (Å²) in [6.07, 6.45) is -0.388. The molecule has 1 aliphatic heterocycles. The molecular weight excluding hydrogens is 358 g/mol. The quantitative estimate of drug-likeness (QED) is 0.607. The van der Waals surface area contributed by atoms with Gasteiger partial charge in [-0.25, -0.2) is 15.0 Å². The van der Waals surface area contributed by atoms with Crippen molar-refractivity contribution in [1.82, 2.24) is 19.5 Å². The van der Waals surface area contributed by atoms with Gasteiger partial charge in [-0.2, -0.15) is 0 Å². The van der Waals surface area contributed by atoms with Crippen molar-refractivity contribution in [3.8, 4) is 0 Å². The first-order valence-electron chi connectivity index (χ1n) is 8.37. The fourth-order valence-electron chi connectivity index (χ4n) is 3.03. The third-order valence-electron chi connectivity index (χ3n) is 4.35. The van der Waals surface area contributed by atoms with Gasteiger partial charge in [0.05, 0.1) is 19.4 Å². The van der Waals surface area contributed by atoms with Gasteiger partial charge in [-0.3, -0.25) is 9.36 Å². The number of hydrogen-bond acceptors (Lipinski definition) is 10. The van der Waals surface area contributed by atoms with Crippen molar-refractivity contribution in [3.63, 3.8) is 0 Å². The van der Waals surface area contributed by atoms with Crippen LogP contribution in [-0.2, 0) is 23.8 Å². The molecule has 3 heterocycles. The zero-order valence-corrected chi connectivity index (χ0v) is 14.9. The van der Waals surface area contributed by atoms with Gasteiger partial charge in [0.2, 0.25) is 0 Å². The third-order valence-corrected chi connectivity index (χ3v) is 4.35. The number of methoxy groups -OCH3 is 1. The minimum Gasteiger partial charge on any atom is -0.455 e. The number of nitrogens with zero attached hydrogens (tertiary/aromatic N) is 4. The van der Waals surface area contributed by atoms with E-state index in [9.17, 15) is 14.7 Å². The molecule has 1 aliphatic rings. The van der Waals surface area contributed by atoms with E-state index in [-0.39, 0.29) is 31.0 Å². The summed E-state index contributed by atoms with van der Waals surface area (Å²) in [6.45, 7) is 1.07. The molecular formula is C16H21N5O6. The average Bonchev–Trinajstić information content (AvgIpc) is 3.21. The van der Waals surface area contributed by atoms with Crippen molar-refractivity contribution >= 4 is 28.7 Å². The van der Waals surface area contributed by atoms with Crippen molar-refractivity contribution in [1.29, 1.82) is 0 Å². The minimum atomic E-state index is -0.875. The lowest BCUT2D eigenvalue weighted by Gasteiger charge is -2.23. The Morgan fingerprint density at radius 3 is 2.74 bits per heavy atom. The van der Waals surface area contributed by atoms with Crippen LogP contribution < -0.4 is 5.73 Å². The fourth-order valence-corrected chi connectivity index (χ4v) is 3.03. The van der Waals surface area contributed by atoms with E-state index >= 15 is 0 Å². The summed E-state index contributed by atoms with van der Waals surface area (Å²) in [5.74, 6) is -0.479. The number of hydrogen-bond donors (Lipinski definition) is 2. The lowest BCUT2D eigenvalue weighted by atomic mass is 10.1. The molecule has 146 valence electrons. The van der Waals surface area contributed by atoms with Crippen LogP contribution in [0.3, 0.4) is 0 Å². The van der Waals surface area contributed by atoms with Crippen LogP contribution in [0.15, 0.2) is 12.7 Å². The zero-order chi connectivity index (χ0) is 19.6. The van der Waals surface area contributed by atoms with Gasteiger partial charge in [-0.15, -0.1) is 0 Å². The number of rotatable bonds is 7. The maximum atomic E-state index is 12.2. The van der Waals surface area contributed by atoms with Crippen LogP contribution in [0.2, 0.25) is 0 Å². The highest BCUT2D eigenvalue weighted by molar-refractivity contribution is 5.82. The molecule has 0 radical (unpaired) electrons. The number of nitrogens with two attached hydrogens (primary N) is 1. The van der Waals surface area contributed by atoms with Crippen LogP contribution >= 0.6 is 0 Å². The van der Waals surface area contributed by atoms with E-state index in [1.807, 2.05) is 0 Å². The molecule has 0 bridgehead atoms. The molecule has 0 saturated carbocycles. The number of carbonyl (C=O) groups excluding carboxylic acids is 2. The smallest absolute Gasteiger partial charge is 0.306 e. The van der Waals surface area contributed by atoms with Crippen LogP contribution in [0.5, 0.6) is 0 Å². The summed E-state index contributed by atoms with van der Waals surface area (Å²) in [7, 11) is 1.43. The lowest BCUT2D eigenvalue weighted by Crippen LogP contribution is -2.38. The Morgan fingerprint density at radius 1 is 1.30 bits per heavy atom. The number of ketones is 1. The second-order valence-electron chi connectivity index (χ2n) is 6.19. The van der Waals surface area contributed by atoms with Gasteiger partial charge in [0.1, 0.15) is 29.8 Å². The molecule has 0 aromatic carbocycles. The van der Waals surface area contributed by atoms with Gasteiger partial charge in [0, 0.05) is 13.5 Å². The van der Waals surface area contributed by atoms with Crippen molar-refractivity contribution in [2.24, 2.45) is 0 Å². The lowest BCUT2D eigenvalue weighted by molar-refractivity contribution is -0.160. The number of aromatic nitrogens is 4. The number of nitrogen functional groups attached to an aromatic ring is 1. The van der Waals surface area contributed by atoms with Crippen LogP contribution in [0, 0.1) is 0 Å². The summed E-state index contributed by atoms with van der Waals surface area (Å²) in [5.41, 5.74) is 6.58. The molecule has 3 rings (SSSR count). The van der Waals surface area contributed by atoms with Gasteiger partial charge < -0.3 is 29.8 Å². The van der Waals surface area contributed by atoms with Gasteiger partial charge in [0.25, 0.3) is 0 Å². The summed E-state index contributed by atoms with van der Waals surface area (Å²) in [6, 6.07) is 0. The number of aliphatic hydroxyl groups excluding tert-OH is 1. The van der Waals surface area contributed by atoms with Gasteiger partial charge in [0.15, 0.2) is 23.8 Å². The fraction of sp³-hybridized carbons (Fsp3) is 0.562. The maximum Gasteiger partial charge on any atom is 0.306 e. The predicted molar refractivity (Wildman–Crippen MR) is 91.3 cm³/mol. The third kappa shape index (κ3) is 3.75. The number of ether oxygens (including phenoxy) is 3. The summed E-state index contributed by atoms with van der Waals surface area (Å²) in [4.78, 5) is 35.5. The number of carbonyl (C=O) groups is 2. The molecule has 0 amide bonds. The molecule has 11 nitrogen and oxygen atoms in total. The first-order valence-corrected chi connectivity index (χ1v) is 8.37. The molecule has 1 saturated heterocycles. The molecule has 3 N–H and O–H groups in total. The Bertz CT molecular complexity index is 840. The Morgan fingerprint density at radius 2 is 2.07 bits per heavy atom. The average molecular weight is 379 g/mol. The normalized spacial score (nSPS) is 25.0. The highest BCUT2D eigenvalue weighted by Gasteiger charge is 2.48. The molecule has 11 heteroatoms. The second-order valence-corrected chi connectivity index (χ2v) is 6.19. The van der Waals surface area contributed by atoms with Crippen molar-refractivity contribution in [3.05, 3.63) is 12.7 Å². The van der Waals surface area contributed by atoms with E-state index < -0.39 is 30.5 Å². The molecule has 1 fully saturated rings. The monoisotopic (exact) mass is 379 g/mol. The Kier molecular flexibility index (Phi) is 5.63. The standard InChI is InChI=1S/C16H21N5O6/c1-8(23)3-4-10(24)27-13-12(25-2)9(5-22)26-16(13)21-7-20-11-14(17)18-6-19-15(11)21/h6-7,9,12-13,16,22H,3-5H2,1-2H3,(H2,17,18,19)/t9-,12-,13-,16-/m1/s1. The number of esters is 1. The molecule has 0 unspecified atom stereocenters. The van der Waals surface area contributed by atoms with E-state index in [0.717, 1.165) is 0 Å². The van der Waals surface area contributed by atoms with Crippen molar-refractivity contribution in [2.75, 3.05) is 19.5 Å². The second kappa shape index (κ2) is 7.94. The van der Waals surface area contributed by atoms with E-state index in [0.29, 0.717) is 11.2 Å². The molecule has 27 heavy (non-hydrogen) atoms. The van der Waals surface area contributed by atoms with Gasteiger partial charge >= 0.3 is 5.97 Å². The van der Waals surface area contributed by atoms with E-state index in [1.54, 1.807) is 4.57 Å². The number of anilines is 1. The number of fused-ring (bicyclic) bond motifs is 1. The summed E-state index contributed by atoms with van der Waals surface area (Å²) < 4.78 is 18.3. The molecule has 0 aliphatic carbocycles. The van der Waals surface area contributed by atoms with Crippen molar-refractivity contribution < 1.29 is 28.9 Å². The Balaban J connectivity index is 1.91. The molecule has 0 spiro atoms. The molecule has 2 aromatic rings. The van der Waals surface area contributed by atoms with E-state index in [2.05, 4.69) is 15.0 Å². The number of Topliss-reactive ketones (excluding diaryl/α,β-unsaturated/α-hetero) is 1. The zero-order valence-electron chi connectivity index (χ0n) is 14.9. The van der Waals surface area contributed by atoms with E-state index in [1.165, 1.54) is 26.7 Å². The molecule has 2 aromatic heterocycles. The Labute approximate surface area is 154 Å². The first kappa shape index (κ1) is 19.1. The summed E-state index contributed by atoms with van der Waals surface area (Å²) >= 11 is 0. The number of aliphatic hydroxyl groups is 1. The highest BCUT2D eigenvalue weighted by Crippen LogP contribution is 2.35. The largest absolute Gasteiger partial charge is 0.455 e. The van der Waals surface area contributed by atoms with Crippen LogP contribution in [-0.4, -0.2) is 68.4 Å². The minimum absolute atomic E-state index is 0.0570. The molecule has 4 atom stereocenters. The SMILES string of the molecule is CO[C@H]1[C@@H](OC(=O)CCC(C)=O)[C@H](n2cnc3c(N)ncnc32)O[C@@H]1CO. The number of imidazole rings is 1. The first-order chi connectivity index (χ1) is 13.0. The Hall–Kier alpha value is -2.63. The summed E-state index contributed by atoms with van der Waals surface area (Å²) in [5, 5.41) is 9.61. The van der Waals surface area contributed by atoms with Crippen LogP contribution in [0.4, 0.5) is 5.82 Å².